The first-order chi connectivity index (χ1) is 14.6. The lowest BCUT2D eigenvalue weighted by Crippen LogP contribution is -2.29. The Morgan fingerprint density at radius 2 is 1.90 bits per heavy atom. The summed E-state index contributed by atoms with van der Waals surface area (Å²) in [4.78, 5) is 14.1. The fraction of sp³-hybridized carbons (Fsp3) is 0.211. The molecule has 3 aromatic rings. The highest BCUT2D eigenvalue weighted by Gasteiger charge is 2.41. The zero-order valence-corrected chi connectivity index (χ0v) is 16.3. The number of carboxylic acid groups (broad SMARTS) is 1. The van der Waals surface area contributed by atoms with Crippen molar-refractivity contribution in [2.45, 2.75) is 29.6 Å². The van der Waals surface area contributed by atoms with E-state index in [0.717, 1.165) is 21.3 Å². The lowest BCUT2D eigenvalue weighted by atomic mass is 9.98. The van der Waals surface area contributed by atoms with Crippen LogP contribution < -0.4 is 5.32 Å². The Morgan fingerprint density at radius 1 is 1.13 bits per heavy atom. The van der Waals surface area contributed by atoms with Crippen molar-refractivity contribution in [1.29, 1.82) is 0 Å². The van der Waals surface area contributed by atoms with Gasteiger partial charge >= 0.3 is 12.1 Å². The second-order valence-corrected chi connectivity index (χ2v) is 9.04. The zero-order valence-electron chi connectivity index (χ0n) is 15.5. The lowest BCUT2D eigenvalue weighted by molar-refractivity contribution is -0.141. The minimum absolute atomic E-state index is 0.116. The number of carboxylic acids is 1. The molecule has 0 amide bonds. The number of alkyl halides is 3. The van der Waals surface area contributed by atoms with Gasteiger partial charge < -0.3 is 5.11 Å². The molecule has 1 aromatic carbocycles. The maximum atomic E-state index is 13.1. The summed E-state index contributed by atoms with van der Waals surface area (Å²) in [7, 11) is -4.27. The van der Waals surface area contributed by atoms with Gasteiger partial charge in [0.15, 0.2) is 0 Å². The van der Waals surface area contributed by atoms with Gasteiger partial charge in [-0.15, -0.1) is 0 Å². The van der Waals surface area contributed by atoms with Gasteiger partial charge in [0.25, 0.3) is 10.0 Å². The molecule has 0 radical (unpaired) electrons. The third-order valence-electron chi connectivity index (χ3n) is 5.51. The molecule has 2 aliphatic heterocycles. The van der Waals surface area contributed by atoms with E-state index in [0.29, 0.717) is 23.5 Å². The van der Waals surface area contributed by atoms with Crippen molar-refractivity contribution < 1.29 is 31.5 Å². The van der Waals surface area contributed by atoms with E-state index in [2.05, 4.69) is 15.4 Å². The van der Waals surface area contributed by atoms with E-state index in [1.807, 2.05) is 0 Å². The van der Waals surface area contributed by atoms with Gasteiger partial charge in [-0.2, -0.15) is 30.8 Å². The van der Waals surface area contributed by atoms with E-state index in [1.165, 1.54) is 12.3 Å². The summed E-state index contributed by atoms with van der Waals surface area (Å²) >= 11 is 0. The number of carbonyl (C=O) groups is 1. The Hall–Kier alpha value is -3.25. The molecule has 0 aliphatic carbocycles. The average molecular weight is 450 g/mol. The van der Waals surface area contributed by atoms with Crippen molar-refractivity contribution in [2.24, 2.45) is 0 Å². The lowest BCUT2D eigenvalue weighted by Gasteiger charge is -2.23. The first kappa shape index (κ1) is 19.7. The smallest absolute Gasteiger partial charge is 0.433 e. The van der Waals surface area contributed by atoms with Crippen LogP contribution in [0.2, 0.25) is 0 Å². The molecular weight excluding hydrogens is 437 g/mol. The van der Waals surface area contributed by atoms with E-state index in [4.69, 9.17) is 0 Å². The topological polar surface area (TPSA) is 114 Å². The van der Waals surface area contributed by atoms with Crippen molar-refractivity contribution >= 4 is 16.0 Å². The number of hydrogen-bond donors (Lipinski definition) is 2. The second kappa shape index (κ2) is 6.37. The first-order valence-corrected chi connectivity index (χ1v) is 10.5. The van der Waals surface area contributed by atoms with Gasteiger partial charge in [0.1, 0.15) is 10.6 Å². The molecule has 0 fully saturated rings. The minimum atomic E-state index is -4.68. The van der Waals surface area contributed by atoms with Crippen LogP contribution in [0, 0.1) is 0 Å². The predicted octanol–water partition coefficient (Wildman–Crippen LogP) is 2.52. The maximum absolute atomic E-state index is 13.1. The fourth-order valence-electron chi connectivity index (χ4n) is 4.09. The van der Waals surface area contributed by atoms with Crippen LogP contribution in [0.3, 0.4) is 0 Å². The van der Waals surface area contributed by atoms with Gasteiger partial charge in [-0.25, -0.2) is 4.79 Å². The van der Waals surface area contributed by atoms with E-state index in [9.17, 15) is 31.5 Å². The Kier molecular flexibility index (Phi) is 4.05. The maximum Gasteiger partial charge on any atom is 0.433 e. The quantitative estimate of drug-likeness (QED) is 0.630. The Morgan fingerprint density at radius 3 is 2.55 bits per heavy atom. The van der Waals surface area contributed by atoms with Gasteiger partial charge in [-0.3, -0.25) is 10.3 Å². The monoisotopic (exact) mass is 450 g/mol. The summed E-state index contributed by atoms with van der Waals surface area (Å²) in [6.07, 6.45) is -2.38. The molecule has 5 rings (SSSR count). The number of aromatic carboxylic acids is 1. The molecule has 12 heteroatoms. The number of nitrogens with one attached hydrogen (secondary N) is 1. The third-order valence-corrected chi connectivity index (χ3v) is 7.12. The second-order valence-electron chi connectivity index (χ2n) is 7.28. The highest BCUT2D eigenvalue weighted by Crippen LogP contribution is 2.45. The number of fused-ring (bicyclic) bond motifs is 7. The molecule has 0 saturated carbocycles. The van der Waals surface area contributed by atoms with E-state index < -0.39 is 38.8 Å². The summed E-state index contributed by atoms with van der Waals surface area (Å²) < 4.78 is 65.2. The number of hydrogen-bond acceptors (Lipinski definition) is 6. The summed E-state index contributed by atoms with van der Waals surface area (Å²) in [6, 6.07) is 5.53. The van der Waals surface area contributed by atoms with Crippen LogP contribution in [0.25, 0.3) is 0 Å². The van der Waals surface area contributed by atoms with Crippen molar-refractivity contribution in [3.63, 3.8) is 0 Å². The van der Waals surface area contributed by atoms with Crippen LogP contribution in [0.4, 0.5) is 13.2 Å². The van der Waals surface area contributed by atoms with Crippen LogP contribution >= 0.6 is 0 Å². The van der Waals surface area contributed by atoms with Crippen molar-refractivity contribution in [3.8, 4) is 0 Å². The third kappa shape index (κ3) is 2.93. The van der Waals surface area contributed by atoms with Crippen LogP contribution in [0.5, 0.6) is 0 Å². The Labute approximate surface area is 173 Å². The molecule has 2 unspecified atom stereocenters. The molecule has 2 N–H and O–H groups in total. The SMILES string of the molecule is O=C(O)c1ccc2c(c1)C1NC2Cc2c1cnn2S(=O)(=O)c1ccc(C(F)(F)F)nc1. The summed E-state index contributed by atoms with van der Waals surface area (Å²) in [5.74, 6) is -1.07. The molecule has 8 nitrogen and oxygen atoms in total. The number of benzene rings is 1. The summed E-state index contributed by atoms with van der Waals surface area (Å²) in [5.41, 5.74) is 1.48. The van der Waals surface area contributed by atoms with Crippen LogP contribution in [0.15, 0.2) is 47.6 Å². The highest BCUT2D eigenvalue weighted by atomic mass is 32.2. The predicted molar refractivity (Wildman–Crippen MR) is 98.9 cm³/mol. The van der Waals surface area contributed by atoms with Crippen molar-refractivity contribution in [1.82, 2.24) is 19.5 Å². The largest absolute Gasteiger partial charge is 0.478 e. The molecular formula is C19H13F3N4O4S. The number of pyridine rings is 1. The standard InChI is InChI=1S/C19H13F3N4O4S/c20-19(21,22)16-4-2-10(7-23-16)31(29,30)26-15-6-14-11-3-1-9(18(27)28)5-12(11)17(25-14)13(15)8-24-26/h1-5,7-8,14,17,25H,6H2,(H,27,28). The first-order valence-electron chi connectivity index (χ1n) is 9.06. The normalized spacial score (nSPS) is 19.7. The van der Waals surface area contributed by atoms with Crippen molar-refractivity contribution in [2.75, 3.05) is 0 Å². The van der Waals surface area contributed by atoms with E-state index in [1.54, 1.807) is 12.1 Å². The molecule has 0 saturated heterocycles. The summed E-state index contributed by atoms with van der Waals surface area (Å²) in [6.45, 7) is 0. The average Bonchev–Trinajstić information content (AvgIpc) is 3.28. The van der Waals surface area contributed by atoms with Gasteiger partial charge in [0.2, 0.25) is 0 Å². The molecule has 4 heterocycles. The van der Waals surface area contributed by atoms with Crippen LogP contribution in [0.1, 0.15) is 50.5 Å². The van der Waals surface area contributed by atoms with Gasteiger partial charge in [-0.1, -0.05) is 6.07 Å². The molecule has 31 heavy (non-hydrogen) atoms. The van der Waals surface area contributed by atoms with Gasteiger partial charge in [-0.05, 0) is 35.4 Å². The van der Waals surface area contributed by atoms with Gasteiger partial charge in [0, 0.05) is 24.2 Å². The minimum Gasteiger partial charge on any atom is -0.478 e. The Bertz CT molecular complexity index is 1330. The van der Waals surface area contributed by atoms with Crippen LogP contribution in [-0.2, 0) is 22.6 Å². The molecule has 0 spiro atoms. The molecule has 160 valence electrons. The fourth-order valence-corrected chi connectivity index (χ4v) is 5.36. The molecule has 2 atom stereocenters. The highest BCUT2D eigenvalue weighted by molar-refractivity contribution is 7.89. The summed E-state index contributed by atoms with van der Waals surface area (Å²) in [5, 5.41) is 16.6. The molecule has 2 bridgehead atoms. The molecule has 2 aliphatic rings. The van der Waals surface area contributed by atoms with Crippen molar-refractivity contribution in [3.05, 3.63) is 76.4 Å². The van der Waals surface area contributed by atoms with E-state index in [-0.39, 0.29) is 18.0 Å². The van der Waals surface area contributed by atoms with E-state index >= 15 is 0 Å². The zero-order chi connectivity index (χ0) is 22.1. The molecule has 2 aromatic heterocycles. The Balaban J connectivity index is 1.56. The van der Waals surface area contributed by atoms with Gasteiger partial charge in [0.05, 0.1) is 23.5 Å². The number of rotatable bonds is 3. The number of halogens is 3. The number of aromatic nitrogens is 3. The number of nitrogens with zero attached hydrogens (tertiary/aromatic N) is 3. The van der Waals surface area contributed by atoms with Crippen LogP contribution in [-0.4, -0.2) is 33.7 Å².